The van der Waals surface area contributed by atoms with Crippen LogP contribution in [0, 0.1) is 0 Å². The summed E-state index contributed by atoms with van der Waals surface area (Å²) in [6.45, 7) is 6.19. The van der Waals surface area contributed by atoms with Gasteiger partial charge >= 0.3 is 11.8 Å². The third kappa shape index (κ3) is 5.97. The topological polar surface area (TPSA) is 79.8 Å². The highest BCUT2D eigenvalue weighted by atomic mass is 35.5. The van der Waals surface area contributed by atoms with E-state index in [9.17, 15) is 9.59 Å². The molecule has 0 spiro atoms. The Bertz CT molecular complexity index is 573. The first-order valence-electron chi connectivity index (χ1n) is 6.73. The molecule has 1 aromatic carbocycles. The lowest BCUT2D eigenvalue weighted by molar-refractivity contribution is -0.139. The molecule has 6 nitrogen and oxygen atoms in total. The van der Waals surface area contributed by atoms with E-state index in [0.29, 0.717) is 22.9 Å². The van der Waals surface area contributed by atoms with Crippen molar-refractivity contribution >= 4 is 29.6 Å². The predicted molar refractivity (Wildman–Crippen MR) is 86.2 cm³/mol. The maximum atomic E-state index is 11.4. The SMILES string of the molecule is C=CCNC(=O)C(=O)N/N=C\c1cc(Cl)ccc1OCCC. The third-order valence-electron chi connectivity index (χ3n) is 2.42. The Morgan fingerprint density at radius 3 is 2.86 bits per heavy atom. The number of rotatable bonds is 7. The first-order chi connectivity index (χ1) is 10.6. The van der Waals surface area contributed by atoms with Crippen molar-refractivity contribution in [3.63, 3.8) is 0 Å². The van der Waals surface area contributed by atoms with Gasteiger partial charge in [0.25, 0.3) is 0 Å². The molecule has 0 unspecified atom stereocenters. The number of nitrogens with one attached hydrogen (secondary N) is 2. The predicted octanol–water partition coefficient (Wildman–Crippen LogP) is 1.88. The second-order valence-corrected chi connectivity index (χ2v) is 4.66. The quantitative estimate of drug-likeness (QED) is 0.348. The van der Waals surface area contributed by atoms with Crippen LogP contribution < -0.4 is 15.5 Å². The normalized spacial score (nSPS) is 10.3. The number of benzene rings is 1. The lowest BCUT2D eigenvalue weighted by atomic mass is 10.2. The summed E-state index contributed by atoms with van der Waals surface area (Å²) in [6.07, 6.45) is 3.70. The Balaban J connectivity index is 2.68. The Morgan fingerprint density at radius 2 is 2.18 bits per heavy atom. The summed E-state index contributed by atoms with van der Waals surface area (Å²) in [5.41, 5.74) is 2.73. The fourth-order valence-corrected chi connectivity index (χ4v) is 1.60. The van der Waals surface area contributed by atoms with Gasteiger partial charge in [0.05, 0.1) is 12.8 Å². The lowest BCUT2D eigenvalue weighted by Crippen LogP contribution is -2.37. The number of nitrogens with zero attached hydrogens (tertiary/aromatic N) is 1. The minimum atomic E-state index is -0.865. The van der Waals surface area contributed by atoms with Crippen LogP contribution in [0.25, 0.3) is 0 Å². The fourth-order valence-electron chi connectivity index (χ4n) is 1.42. The monoisotopic (exact) mass is 323 g/mol. The molecule has 1 rings (SSSR count). The molecule has 0 radical (unpaired) electrons. The molecule has 0 saturated carbocycles. The van der Waals surface area contributed by atoms with Crippen LogP contribution in [0.2, 0.25) is 5.02 Å². The number of halogens is 1. The van der Waals surface area contributed by atoms with E-state index in [1.807, 2.05) is 6.92 Å². The highest BCUT2D eigenvalue weighted by molar-refractivity contribution is 6.35. The molecule has 0 atom stereocenters. The third-order valence-corrected chi connectivity index (χ3v) is 2.65. The second-order valence-electron chi connectivity index (χ2n) is 4.23. The average Bonchev–Trinajstić information content (AvgIpc) is 2.51. The van der Waals surface area contributed by atoms with Crippen molar-refractivity contribution in [2.45, 2.75) is 13.3 Å². The zero-order valence-electron chi connectivity index (χ0n) is 12.3. The molecule has 7 heteroatoms. The van der Waals surface area contributed by atoms with Crippen LogP contribution in [0.3, 0.4) is 0 Å². The zero-order valence-corrected chi connectivity index (χ0v) is 13.0. The van der Waals surface area contributed by atoms with Gasteiger partial charge in [0.15, 0.2) is 0 Å². The Morgan fingerprint density at radius 1 is 1.41 bits per heavy atom. The summed E-state index contributed by atoms with van der Waals surface area (Å²) >= 11 is 5.92. The summed E-state index contributed by atoms with van der Waals surface area (Å²) in [5, 5.41) is 6.59. The zero-order chi connectivity index (χ0) is 16.4. The van der Waals surface area contributed by atoms with Crippen LogP contribution in [-0.4, -0.2) is 31.2 Å². The minimum absolute atomic E-state index is 0.208. The van der Waals surface area contributed by atoms with Crippen LogP contribution >= 0.6 is 11.6 Å². The number of hydrogen-bond donors (Lipinski definition) is 2. The molecular formula is C15H18ClN3O3. The highest BCUT2D eigenvalue weighted by Gasteiger charge is 2.10. The first-order valence-corrected chi connectivity index (χ1v) is 7.10. The van der Waals surface area contributed by atoms with Crippen molar-refractivity contribution in [3.8, 4) is 5.75 Å². The molecule has 0 aliphatic rings. The molecule has 1 aromatic rings. The standard InChI is InChI=1S/C15H18ClN3O3/c1-3-7-17-14(20)15(21)19-18-10-11-9-12(16)5-6-13(11)22-8-4-2/h3,5-6,9-10H,1,4,7-8H2,2H3,(H,17,20)(H,19,21)/b18-10-. The molecular weight excluding hydrogens is 306 g/mol. The van der Waals surface area contributed by atoms with Gasteiger partial charge in [0.2, 0.25) is 0 Å². The number of amides is 2. The molecule has 0 heterocycles. The lowest BCUT2D eigenvalue weighted by Gasteiger charge is -2.08. The molecule has 0 aliphatic carbocycles. The van der Waals surface area contributed by atoms with Gasteiger partial charge < -0.3 is 10.1 Å². The summed E-state index contributed by atoms with van der Waals surface area (Å²) in [7, 11) is 0. The van der Waals surface area contributed by atoms with Crippen molar-refractivity contribution in [1.29, 1.82) is 0 Å². The summed E-state index contributed by atoms with van der Waals surface area (Å²) < 4.78 is 5.55. The Kier molecular flexibility index (Phi) is 7.70. The highest BCUT2D eigenvalue weighted by Crippen LogP contribution is 2.21. The molecule has 0 aliphatic heterocycles. The van der Waals surface area contributed by atoms with E-state index in [-0.39, 0.29) is 6.54 Å². The van der Waals surface area contributed by atoms with E-state index in [0.717, 1.165) is 6.42 Å². The van der Waals surface area contributed by atoms with Crippen molar-refractivity contribution in [2.24, 2.45) is 5.10 Å². The number of ether oxygens (including phenoxy) is 1. The number of carbonyl (C=O) groups is 2. The average molecular weight is 324 g/mol. The smallest absolute Gasteiger partial charge is 0.329 e. The van der Waals surface area contributed by atoms with E-state index in [1.165, 1.54) is 12.3 Å². The maximum Gasteiger partial charge on any atom is 0.329 e. The number of hydrazone groups is 1. The van der Waals surface area contributed by atoms with Gasteiger partial charge in [-0.1, -0.05) is 24.6 Å². The van der Waals surface area contributed by atoms with E-state index < -0.39 is 11.8 Å². The van der Waals surface area contributed by atoms with Gasteiger partial charge in [0.1, 0.15) is 5.75 Å². The molecule has 118 valence electrons. The Hall–Kier alpha value is -2.34. The molecule has 2 N–H and O–H groups in total. The van der Waals surface area contributed by atoms with Crippen LogP contribution in [0.15, 0.2) is 36.0 Å². The van der Waals surface area contributed by atoms with Gasteiger partial charge in [0, 0.05) is 17.1 Å². The minimum Gasteiger partial charge on any atom is -0.493 e. The van der Waals surface area contributed by atoms with Gasteiger partial charge in [-0.2, -0.15) is 5.10 Å². The van der Waals surface area contributed by atoms with E-state index >= 15 is 0 Å². The molecule has 0 bridgehead atoms. The molecule has 0 aromatic heterocycles. The number of hydrogen-bond acceptors (Lipinski definition) is 4. The molecule has 22 heavy (non-hydrogen) atoms. The van der Waals surface area contributed by atoms with Crippen molar-refractivity contribution < 1.29 is 14.3 Å². The summed E-state index contributed by atoms with van der Waals surface area (Å²) in [5.74, 6) is -1.05. The summed E-state index contributed by atoms with van der Waals surface area (Å²) in [6, 6.07) is 5.07. The van der Waals surface area contributed by atoms with Gasteiger partial charge in [-0.05, 0) is 24.6 Å². The maximum absolute atomic E-state index is 11.4. The first kappa shape index (κ1) is 17.7. The fraction of sp³-hybridized carbons (Fsp3) is 0.267. The summed E-state index contributed by atoms with van der Waals surface area (Å²) in [4.78, 5) is 22.8. The largest absolute Gasteiger partial charge is 0.493 e. The van der Waals surface area contributed by atoms with Gasteiger partial charge in [-0.3, -0.25) is 9.59 Å². The van der Waals surface area contributed by atoms with E-state index in [4.69, 9.17) is 16.3 Å². The van der Waals surface area contributed by atoms with E-state index in [2.05, 4.69) is 22.4 Å². The Labute approximate surface area is 134 Å². The van der Waals surface area contributed by atoms with Crippen LogP contribution in [0.1, 0.15) is 18.9 Å². The number of carbonyl (C=O) groups excluding carboxylic acids is 2. The van der Waals surface area contributed by atoms with Gasteiger partial charge in [-0.25, -0.2) is 5.43 Å². The van der Waals surface area contributed by atoms with Crippen LogP contribution in [0.4, 0.5) is 0 Å². The molecule has 0 saturated heterocycles. The second kappa shape index (κ2) is 9.57. The molecule has 2 amide bonds. The van der Waals surface area contributed by atoms with Crippen molar-refractivity contribution in [2.75, 3.05) is 13.2 Å². The van der Waals surface area contributed by atoms with Crippen molar-refractivity contribution in [1.82, 2.24) is 10.7 Å². The molecule has 0 fully saturated rings. The van der Waals surface area contributed by atoms with Gasteiger partial charge in [-0.15, -0.1) is 6.58 Å². The van der Waals surface area contributed by atoms with E-state index in [1.54, 1.807) is 18.2 Å². The van der Waals surface area contributed by atoms with Crippen LogP contribution in [0.5, 0.6) is 5.75 Å². The van der Waals surface area contributed by atoms with Crippen molar-refractivity contribution in [3.05, 3.63) is 41.4 Å². The van der Waals surface area contributed by atoms with Crippen LogP contribution in [-0.2, 0) is 9.59 Å².